The van der Waals surface area contributed by atoms with E-state index in [4.69, 9.17) is 5.73 Å². The zero-order chi connectivity index (χ0) is 13.5. The van der Waals surface area contributed by atoms with Crippen LogP contribution in [0.5, 0.6) is 0 Å². The highest BCUT2D eigenvalue weighted by atomic mass is 16.2. The number of carbonyl (C=O) groups is 1. The molecule has 1 aromatic rings. The first-order valence-corrected chi connectivity index (χ1v) is 6.96. The zero-order valence-corrected chi connectivity index (χ0v) is 11.4. The normalized spacial score (nSPS) is 22.3. The Balaban J connectivity index is 1.76. The van der Waals surface area contributed by atoms with E-state index in [1.807, 2.05) is 29.2 Å². The van der Waals surface area contributed by atoms with Crippen molar-refractivity contribution in [3.8, 4) is 0 Å². The van der Waals surface area contributed by atoms with E-state index >= 15 is 0 Å². The summed E-state index contributed by atoms with van der Waals surface area (Å²) < 4.78 is 0. The van der Waals surface area contributed by atoms with Crippen molar-refractivity contribution in [2.24, 2.45) is 5.73 Å². The summed E-state index contributed by atoms with van der Waals surface area (Å²) in [5, 5.41) is 0. The standard InChI is InChI=1S/C15H21N3O/c1-17-7-9-18(10-8-17)14(19)12-3-2-4-13(11-12)15(16)5-6-15/h2-4,11H,5-10,16H2,1H3. The number of rotatable bonds is 2. The van der Waals surface area contributed by atoms with Crippen LogP contribution in [0, 0.1) is 0 Å². The minimum atomic E-state index is -0.168. The van der Waals surface area contributed by atoms with Crippen LogP contribution in [0.15, 0.2) is 24.3 Å². The van der Waals surface area contributed by atoms with Gasteiger partial charge in [-0.3, -0.25) is 4.79 Å². The number of nitrogens with two attached hydrogens (primary N) is 1. The molecule has 0 bridgehead atoms. The lowest BCUT2D eigenvalue weighted by Crippen LogP contribution is -2.47. The zero-order valence-electron chi connectivity index (χ0n) is 11.4. The molecule has 102 valence electrons. The summed E-state index contributed by atoms with van der Waals surface area (Å²) >= 11 is 0. The molecule has 1 saturated heterocycles. The first-order chi connectivity index (χ1) is 9.08. The highest BCUT2D eigenvalue weighted by Crippen LogP contribution is 2.42. The summed E-state index contributed by atoms with van der Waals surface area (Å²) in [5.74, 6) is 0.138. The summed E-state index contributed by atoms with van der Waals surface area (Å²) in [5.41, 5.74) is 7.91. The van der Waals surface area contributed by atoms with Gasteiger partial charge in [0.15, 0.2) is 0 Å². The Morgan fingerprint density at radius 3 is 2.53 bits per heavy atom. The molecule has 0 spiro atoms. The molecule has 4 heteroatoms. The molecule has 1 amide bonds. The number of nitrogens with zero attached hydrogens (tertiary/aromatic N) is 2. The van der Waals surface area contributed by atoms with Crippen LogP contribution < -0.4 is 5.73 Å². The van der Waals surface area contributed by atoms with Crippen LogP contribution in [0.4, 0.5) is 0 Å². The second kappa shape index (κ2) is 4.62. The van der Waals surface area contributed by atoms with Crippen molar-refractivity contribution in [2.75, 3.05) is 33.2 Å². The van der Waals surface area contributed by atoms with Crippen molar-refractivity contribution in [2.45, 2.75) is 18.4 Å². The fourth-order valence-corrected chi connectivity index (χ4v) is 2.58. The lowest BCUT2D eigenvalue weighted by atomic mass is 10.0. The minimum Gasteiger partial charge on any atom is -0.336 e. The van der Waals surface area contributed by atoms with E-state index < -0.39 is 0 Å². The fourth-order valence-electron chi connectivity index (χ4n) is 2.58. The number of amides is 1. The Labute approximate surface area is 114 Å². The van der Waals surface area contributed by atoms with E-state index in [-0.39, 0.29) is 11.4 Å². The van der Waals surface area contributed by atoms with Gasteiger partial charge in [-0.15, -0.1) is 0 Å². The van der Waals surface area contributed by atoms with E-state index in [0.29, 0.717) is 0 Å². The number of hydrogen-bond acceptors (Lipinski definition) is 3. The van der Waals surface area contributed by atoms with Crippen molar-refractivity contribution in [1.82, 2.24) is 9.80 Å². The van der Waals surface area contributed by atoms with E-state index in [1.165, 1.54) is 0 Å². The van der Waals surface area contributed by atoms with Crippen LogP contribution >= 0.6 is 0 Å². The molecule has 0 atom stereocenters. The Morgan fingerprint density at radius 2 is 1.89 bits per heavy atom. The molecule has 1 heterocycles. The summed E-state index contributed by atoms with van der Waals surface area (Å²) in [6, 6.07) is 7.86. The monoisotopic (exact) mass is 259 g/mol. The molecule has 0 radical (unpaired) electrons. The van der Waals surface area contributed by atoms with Gasteiger partial charge in [-0.25, -0.2) is 0 Å². The molecule has 2 fully saturated rings. The first-order valence-electron chi connectivity index (χ1n) is 6.96. The van der Waals surface area contributed by atoms with Crippen molar-refractivity contribution in [3.05, 3.63) is 35.4 Å². The van der Waals surface area contributed by atoms with Gasteiger partial charge < -0.3 is 15.5 Å². The lowest BCUT2D eigenvalue weighted by Gasteiger charge is -2.32. The van der Waals surface area contributed by atoms with E-state index in [2.05, 4.69) is 11.9 Å². The molecule has 1 saturated carbocycles. The van der Waals surface area contributed by atoms with Gasteiger partial charge in [-0.2, -0.15) is 0 Å². The Morgan fingerprint density at radius 1 is 1.21 bits per heavy atom. The molecule has 0 aromatic heterocycles. The molecule has 19 heavy (non-hydrogen) atoms. The van der Waals surface area contributed by atoms with Gasteiger partial charge in [0, 0.05) is 37.3 Å². The van der Waals surface area contributed by atoms with Crippen LogP contribution in [-0.2, 0) is 5.54 Å². The second-order valence-electron chi connectivity index (χ2n) is 5.83. The average molecular weight is 259 g/mol. The van der Waals surface area contributed by atoms with Gasteiger partial charge >= 0.3 is 0 Å². The number of likely N-dealkylation sites (N-methyl/N-ethyl adjacent to an activating group) is 1. The van der Waals surface area contributed by atoms with Gasteiger partial charge in [-0.05, 0) is 37.6 Å². The number of benzene rings is 1. The second-order valence-corrected chi connectivity index (χ2v) is 5.83. The van der Waals surface area contributed by atoms with Crippen LogP contribution in [-0.4, -0.2) is 48.9 Å². The summed E-state index contributed by atoms with van der Waals surface area (Å²) in [4.78, 5) is 16.7. The highest BCUT2D eigenvalue weighted by Gasteiger charge is 2.40. The molecule has 3 rings (SSSR count). The molecule has 1 aliphatic heterocycles. The maximum absolute atomic E-state index is 12.5. The molecule has 1 aliphatic carbocycles. The molecule has 0 unspecified atom stereocenters. The van der Waals surface area contributed by atoms with E-state index in [1.54, 1.807) is 0 Å². The predicted octanol–water partition coefficient (Wildman–Crippen LogP) is 1.02. The van der Waals surface area contributed by atoms with Gasteiger partial charge in [0.05, 0.1) is 0 Å². The van der Waals surface area contributed by atoms with Gasteiger partial charge in [-0.1, -0.05) is 12.1 Å². The Bertz CT molecular complexity index is 488. The third-order valence-corrected chi connectivity index (χ3v) is 4.26. The highest BCUT2D eigenvalue weighted by molar-refractivity contribution is 5.94. The quantitative estimate of drug-likeness (QED) is 0.863. The fraction of sp³-hybridized carbons (Fsp3) is 0.533. The van der Waals surface area contributed by atoms with Gasteiger partial charge in [0.1, 0.15) is 0 Å². The SMILES string of the molecule is CN1CCN(C(=O)c2cccc(C3(N)CC3)c2)CC1. The minimum absolute atomic E-state index is 0.138. The molecule has 4 nitrogen and oxygen atoms in total. The molecule has 2 aliphatic rings. The van der Waals surface area contributed by atoms with Crippen LogP contribution in [0.2, 0.25) is 0 Å². The molecule has 2 N–H and O–H groups in total. The van der Waals surface area contributed by atoms with Crippen LogP contribution in [0.3, 0.4) is 0 Å². The van der Waals surface area contributed by atoms with Crippen molar-refractivity contribution in [3.63, 3.8) is 0 Å². The van der Waals surface area contributed by atoms with Gasteiger partial charge in [0.25, 0.3) is 5.91 Å². The Hall–Kier alpha value is -1.39. The number of piperazine rings is 1. The predicted molar refractivity (Wildman–Crippen MR) is 74.9 cm³/mol. The topological polar surface area (TPSA) is 49.6 Å². The van der Waals surface area contributed by atoms with E-state index in [0.717, 1.165) is 50.1 Å². The summed E-state index contributed by atoms with van der Waals surface area (Å²) in [7, 11) is 2.09. The smallest absolute Gasteiger partial charge is 0.253 e. The van der Waals surface area contributed by atoms with E-state index in [9.17, 15) is 4.79 Å². The molecular weight excluding hydrogens is 238 g/mol. The number of hydrogen-bond donors (Lipinski definition) is 1. The van der Waals surface area contributed by atoms with Crippen molar-refractivity contribution in [1.29, 1.82) is 0 Å². The number of carbonyl (C=O) groups excluding carboxylic acids is 1. The third-order valence-electron chi connectivity index (χ3n) is 4.26. The largest absolute Gasteiger partial charge is 0.336 e. The van der Waals surface area contributed by atoms with Crippen molar-refractivity contribution >= 4 is 5.91 Å². The Kier molecular flexibility index (Phi) is 3.07. The maximum Gasteiger partial charge on any atom is 0.253 e. The molecule has 1 aromatic carbocycles. The summed E-state index contributed by atoms with van der Waals surface area (Å²) in [6.45, 7) is 3.53. The first kappa shape index (κ1) is 12.6. The lowest BCUT2D eigenvalue weighted by molar-refractivity contribution is 0.0664. The average Bonchev–Trinajstić information content (AvgIpc) is 3.18. The molecular formula is C15H21N3O. The van der Waals surface area contributed by atoms with Crippen molar-refractivity contribution < 1.29 is 4.79 Å². The van der Waals surface area contributed by atoms with Crippen LogP contribution in [0.25, 0.3) is 0 Å². The van der Waals surface area contributed by atoms with Crippen LogP contribution in [0.1, 0.15) is 28.8 Å². The third kappa shape index (κ3) is 2.51. The van der Waals surface area contributed by atoms with Gasteiger partial charge in [0.2, 0.25) is 0 Å². The maximum atomic E-state index is 12.5. The summed E-state index contributed by atoms with van der Waals surface area (Å²) in [6.07, 6.45) is 2.05.